The van der Waals surface area contributed by atoms with E-state index in [0.29, 0.717) is 10.8 Å². The fourth-order valence-corrected chi connectivity index (χ4v) is 1.88. The molecule has 0 spiro atoms. The van der Waals surface area contributed by atoms with Crippen molar-refractivity contribution < 1.29 is 28.3 Å². The van der Waals surface area contributed by atoms with Gasteiger partial charge in [-0.05, 0) is 39.8 Å². The number of hydrogen-bond acceptors (Lipinski definition) is 6. The molecule has 0 heterocycles. The third-order valence-electron chi connectivity index (χ3n) is 2.21. The summed E-state index contributed by atoms with van der Waals surface area (Å²) < 4.78 is 25.5. The number of nitrogens with two attached hydrogens (primary N) is 1. The third-order valence-corrected chi connectivity index (χ3v) is 4.07. The van der Waals surface area contributed by atoms with E-state index in [-0.39, 0.29) is 5.54 Å². The number of carbonyl (C=O) groups is 1. The van der Waals surface area contributed by atoms with Crippen molar-refractivity contribution in [3.63, 3.8) is 0 Å². The van der Waals surface area contributed by atoms with Crippen LogP contribution in [0.15, 0.2) is 24.3 Å². The van der Waals surface area contributed by atoms with E-state index in [1.54, 1.807) is 24.3 Å². The molecule has 0 bridgehead atoms. The molecule has 1 rings (SSSR count). The maximum absolute atomic E-state index is 11.4. The number of carbonyl (C=O) groups excluding carboxylic acids is 1. The molecule has 3 N–H and O–H groups in total. The summed E-state index contributed by atoms with van der Waals surface area (Å²) in [6.07, 6.45) is 0. The van der Waals surface area contributed by atoms with E-state index in [4.69, 9.17) is 26.8 Å². The van der Waals surface area contributed by atoms with E-state index >= 15 is 0 Å². The lowest BCUT2D eigenvalue weighted by atomic mass is 10.1. The van der Waals surface area contributed by atoms with Gasteiger partial charge in [0.25, 0.3) is 0 Å². The monoisotopic (exact) mass is 381 g/mol. The standard InChI is InChI=1S/C11H14ClO6P.C4H11N/c1-8(19(14,15)16-2)18-11(13)7-17-10-6-4-3-5-9(10)12;1-4(2,3)5/h3-6,8H,7H2,1-2H3,(H,14,15);5H2,1-3H3. The average molecular weight is 382 g/mol. The zero-order chi connectivity index (χ0) is 19.0. The van der Waals surface area contributed by atoms with Crippen LogP contribution in [-0.2, 0) is 18.6 Å². The summed E-state index contributed by atoms with van der Waals surface area (Å²) in [6.45, 7) is 6.74. The van der Waals surface area contributed by atoms with Gasteiger partial charge in [-0.15, -0.1) is 0 Å². The molecule has 0 saturated carbocycles. The number of esters is 1. The molecule has 0 fully saturated rings. The lowest BCUT2D eigenvalue weighted by Gasteiger charge is -2.17. The van der Waals surface area contributed by atoms with E-state index in [9.17, 15) is 14.3 Å². The molecule has 9 heteroatoms. The zero-order valence-electron chi connectivity index (χ0n) is 14.5. The molecule has 1 aromatic rings. The number of ether oxygens (including phenoxy) is 2. The second-order valence-electron chi connectivity index (χ2n) is 5.92. The molecule has 2 unspecified atom stereocenters. The summed E-state index contributed by atoms with van der Waals surface area (Å²) in [5, 5.41) is 0.355. The largest absolute Gasteiger partial charge is 0.480 e. The molecule has 138 valence electrons. The summed E-state index contributed by atoms with van der Waals surface area (Å²) >= 11 is 5.83. The molecule has 0 aliphatic heterocycles. The highest BCUT2D eigenvalue weighted by Crippen LogP contribution is 2.46. The SMILES string of the molecule is CC(C)(C)N.COP(=O)(O)C(C)OC(=O)COc1ccccc1Cl. The minimum Gasteiger partial charge on any atom is -0.480 e. The highest BCUT2D eigenvalue weighted by atomic mass is 35.5. The normalized spacial score (nSPS) is 14.7. The van der Waals surface area contributed by atoms with Crippen molar-refractivity contribution in [2.45, 2.75) is 39.1 Å². The van der Waals surface area contributed by atoms with Crippen LogP contribution in [0.5, 0.6) is 5.75 Å². The van der Waals surface area contributed by atoms with Crippen LogP contribution in [0, 0.1) is 0 Å². The van der Waals surface area contributed by atoms with Gasteiger partial charge in [-0.25, -0.2) is 4.79 Å². The topological polar surface area (TPSA) is 108 Å². The predicted molar refractivity (Wildman–Crippen MR) is 93.3 cm³/mol. The van der Waals surface area contributed by atoms with E-state index < -0.39 is 26.0 Å². The lowest BCUT2D eigenvalue weighted by molar-refractivity contribution is -0.148. The van der Waals surface area contributed by atoms with Gasteiger partial charge in [-0.1, -0.05) is 23.7 Å². The van der Waals surface area contributed by atoms with Crippen LogP contribution in [0.4, 0.5) is 0 Å². The van der Waals surface area contributed by atoms with Crippen molar-refractivity contribution in [3.05, 3.63) is 29.3 Å². The molecule has 0 radical (unpaired) electrons. The Hall–Kier alpha value is -1.11. The van der Waals surface area contributed by atoms with Gasteiger partial charge in [0.2, 0.25) is 0 Å². The van der Waals surface area contributed by atoms with Gasteiger partial charge < -0.3 is 24.6 Å². The molecular formula is C15H25ClNO6P. The maximum Gasteiger partial charge on any atom is 0.367 e. The Labute approximate surface area is 147 Å². The molecule has 0 aromatic heterocycles. The smallest absolute Gasteiger partial charge is 0.367 e. The molecule has 0 aliphatic rings. The van der Waals surface area contributed by atoms with Gasteiger partial charge >= 0.3 is 13.6 Å². The first-order valence-electron chi connectivity index (χ1n) is 7.10. The van der Waals surface area contributed by atoms with Crippen LogP contribution >= 0.6 is 19.2 Å². The first-order chi connectivity index (χ1) is 10.9. The molecular weight excluding hydrogens is 357 g/mol. The number of halogens is 1. The van der Waals surface area contributed by atoms with Gasteiger partial charge in [0.15, 0.2) is 12.5 Å². The quantitative estimate of drug-likeness (QED) is 0.575. The summed E-state index contributed by atoms with van der Waals surface area (Å²) in [5.74, 6) is -1.73. The van der Waals surface area contributed by atoms with Crippen LogP contribution < -0.4 is 10.5 Å². The fourth-order valence-electron chi connectivity index (χ4n) is 1.14. The molecule has 7 nitrogen and oxygen atoms in total. The minimum absolute atomic E-state index is 0. The highest BCUT2D eigenvalue weighted by Gasteiger charge is 2.30. The third kappa shape index (κ3) is 10.6. The van der Waals surface area contributed by atoms with E-state index in [1.807, 2.05) is 20.8 Å². The lowest BCUT2D eigenvalue weighted by Crippen LogP contribution is -2.26. The molecule has 0 amide bonds. The van der Waals surface area contributed by atoms with Crippen LogP contribution in [0.1, 0.15) is 27.7 Å². The van der Waals surface area contributed by atoms with Crippen LogP contribution in [-0.4, -0.2) is 36.0 Å². The van der Waals surface area contributed by atoms with Crippen molar-refractivity contribution in [1.82, 2.24) is 0 Å². The number of para-hydroxylation sites is 1. The second kappa shape index (κ2) is 10.0. The van der Waals surface area contributed by atoms with Crippen molar-refractivity contribution >= 4 is 25.2 Å². The Morgan fingerprint density at radius 3 is 2.33 bits per heavy atom. The maximum atomic E-state index is 11.4. The van der Waals surface area contributed by atoms with Gasteiger partial charge in [0.1, 0.15) is 5.75 Å². The van der Waals surface area contributed by atoms with E-state index in [0.717, 1.165) is 7.11 Å². The molecule has 2 atom stereocenters. The van der Waals surface area contributed by atoms with Crippen LogP contribution in [0.3, 0.4) is 0 Å². The number of benzene rings is 1. The molecule has 0 aliphatic carbocycles. The average Bonchev–Trinajstić information content (AvgIpc) is 2.44. The summed E-state index contributed by atoms with van der Waals surface area (Å²) in [7, 11) is -2.89. The summed E-state index contributed by atoms with van der Waals surface area (Å²) in [5.41, 5.74) is 5.35. The second-order valence-corrected chi connectivity index (χ2v) is 8.55. The van der Waals surface area contributed by atoms with Gasteiger partial charge in [-0.2, -0.15) is 0 Å². The predicted octanol–water partition coefficient (Wildman–Crippen LogP) is 3.18. The Bertz CT molecular complexity index is 569. The Morgan fingerprint density at radius 2 is 1.88 bits per heavy atom. The van der Waals surface area contributed by atoms with Crippen LogP contribution in [0.2, 0.25) is 5.02 Å². The Balaban J connectivity index is 0.000000922. The van der Waals surface area contributed by atoms with Gasteiger partial charge in [0.05, 0.1) is 5.02 Å². The summed E-state index contributed by atoms with van der Waals surface area (Å²) in [6, 6.07) is 6.61. The summed E-state index contributed by atoms with van der Waals surface area (Å²) in [4.78, 5) is 20.7. The first kappa shape index (κ1) is 22.9. The van der Waals surface area contributed by atoms with Crippen molar-refractivity contribution in [1.29, 1.82) is 0 Å². The van der Waals surface area contributed by atoms with Crippen molar-refractivity contribution in [3.8, 4) is 5.75 Å². The van der Waals surface area contributed by atoms with Crippen molar-refractivity contribution in [2.24, 2.45) is 5.73 Å². The van der Waals surface area contributed by atoms with E-state index in [2.05, 4.69) is 4.52 Å². The van der Waals surface area contributed by atoms with Crippen LogP contribution in [0.25, 0.3) is 0 Å². The highest BCUT2D eigenvalue weighted by molar-refractivity contribution is 7.53. The Kier molecular flexibility index (Phi) is 9.55. The molecule has 24 heavy (non-hydrogen) atoms. The number of rotatable bonds is 6. The van der Waals surface area contributed by atoms with E-state index in [1.165, 1.54) is 6.92 Å². The van der Waals surface area contributed by atoms with Crippen molar-refractivity contribution in [2.75, 3.05) is 13.7 Å². The fraction of sp³-hybridized carbons (Fsp3) is 0.533. The number of hydrogen-bond donors (Lipinski definition) is 2. The first-order valence-corrected chi connectivity index (χ1v) is 9.13. The Morgan fingerprint density at radius 1 is 1.38 bits per heavy atom. The zero-order valence-corrected chi connectivity index (χ0v) is 16.1. The molecule has 1 aromatic carbocycles. The van der Waals surface area contributed by atoms with Gasteiger partial charge in [0, 0.05) is 12.6 Å². The minimum atomic E-state index is -3.95. The van der Waals surface area contributed by atoms with Gasteiger partial charge in [-0.3, -0.25) is 4.57 Å². The molecule has 0 saturated heterocycles.